The second kappa shape index (κ2) is 1.87. The number of imidazole rings is 1. The summed E-state index contributed by atoms with van der Waals surface area (Å²) in [4.78, 5) is 4.10. The lowest BCUT2D eigenvalue weighted by Crippen LogP contribution is -2.26. The maximum atomic E-state index is 4.10. The van der Waals surface area contributed by atoms with Crippen molar-refractivity contribution < 1.29 is 0 Å². The van der Waals surface area contributed by atoms with Crippen molar-refractivity contribution in [2.75, 3.05) is 5.43 Å². The monoisotopic (exact) mass is 135 g/mol. The molecule has 0 saturated carbocycles. The normalized spacial score (nSPS) is 21.9. The van der Waals surface area contributed by atoms with Crippen molar-refractivity contribution in [1.29, 1.82) is 0 Å². The summed E-state index contributed by atoms with van der Waals surface area (Å²) >= 11 is 0. The molecule has 0 amide bonds. The fourth-order valence-electron chi connectivity index (χ4n) is 1.04. The third-order valence-corrected chi connectivity index (χ3v) is 1.55. The molecular weight excluding hydrogens is 126 g/mol. The van der Waals surface area contributed by atoms with Crippen molar-refractivity contribution in [2.45, 2.75) is 13.0 Å². The quantitative estimate of drug-likeness (QED) is 0.571. The van der Waals surface area contributed by atoms with Crippen LogP contribution in [0.1, 0.15) is 12.7 Å². The highest BCUT2D eigenvalue weighted by atomic mass is 15.4. The summed E-state index contributed by atoms with van der Waals surface area (Å²) in [6.07, 6.45) is 7.80. The molecule has 0 bridgehead atoms. The van der Waals surface area contributed by atoms with Crippen LogP contribution in [0.25, 0.3) is 6.08 Å². The molecule has 1 aromatic heterocycles. The first-order chi connectivity index (χ1) is 4.86. The maximum absolute atomic E-state index is 4.10. The van der Waals surface area contributed by atoms with E-state index in [1.807, 2.05) is 16.9 Å². The number of aromatic nitrogens is 2. The van der Waals surface area contributed by atoms with Crippen molar-refractivity contribution in [1.82, 2.24) is 9.66 Å². The third kappa shape index (κ3) is 0.708. The zero-order valence-electron chi connectivity index (χ0n) is 5.78. The van der Waals surface area contributed by atoms with E-state index in [1.54, 1.807) is 6.20 Å². The summed E-state index contributed by atoms with van der Waals surface area (Å²) in [5.41, 5.74) is 3.21. The standard InChI is InChI=1S/C7H9N3/c1-6-2-3-7-8-4-5-10(7)9-6/h2-6,9H,1H3. The Morgan fingerprint density at radius 3 is 3.50 bits per heavy atom. The van der Waals surface area contributed by atoms with Crippen LogP contribution in [-0.4, -0.2) is 15.7 Å². The van der Waals surface area contributed by atoms with Gasteiger partial charge in [0, 0.05) is 12.4 Å². The van der Waals surface area contributed by atoms with E-state index in [2.05, 4.69) is 23.4 Å². The van der Waals surface area contributed by atoms with Gasteiger partial charge in [0.15, 0.2) is 5.82 Å². The molecule has 2 rings (SSSR count). The molecule has 2 heterocycles. The van der Waals surface area contributed by atoms with Gasteiger partial charge in [-0.2, -0.15) is 0 Å². The molecule has 0 aliphatic carbocycles. The van der Waals surface area contributed by atoms with Gasteiger partial charge in [-0.1, -0.05) is 6.08 Å². The lowest BCUT2D eigenvalue weighted by molar-refractivity contribution is 0.760. The van der Waals surface area contributed by atoms with Gasteiger partial charge in [0.25, 0.3) is 0 Å². The average molecular weight is 135 g/mol. The summed E-state index contributed by atoms with van der Waals surface area (Å²) in [6.45, 7) is 2.10. The molecule has 1 aromatic rings. The van der Waals surface area contributed by atoms with Crippen molar-refractivity contribution >= 4 is 6.08 Å². The van der Waals surface area contributed by atoms with E-state index in [-0.39, 0.29) is 0 Å². The van der Waals surface area contributed by atoms with E-state index in [0.717, 1.165) is 5.82 Å². The fourth-order valence-corrected chi connectivity index (χ4v) is 1.04. The number of hydrogen-bond donors (Lipinski definition) is 1. The number of nitrogens with one attached hydrogen (secondary N) is 1. The molecule has 0 spiro atoms. The molecule has 3 heteroatoms. The molecule has 3 nitrogen and oxygen atoms in total. The van der Waals surface area contributed by atoms with Crippen molar-refractivity contribution in [2.24, 2.45) is 0 Å². The van der Waals surface area contributed by atoms with Crippen LogP contribution < -0.4 is 5.43 Å². The van der Waals surface area contributed by atoms with Crippen LogP contribution >= 0.6 is 0 Å². The molecule has 0 fully saturated rings. The smallest absolute Gasteiger partial charge is 0.150 e. The van der Waals surface area contributed by atoms with Crippen LogP contribution in [0, 0.1) is 0 Å². The molecule has 1 unspecified atom stereocenters. The molecule has 52 valence electrons. The van der Waals surface area contributed by atoms with E-state index >= 15 is 0 Å². The van der Waals surface area contributed by atoms with Crippen LogP contribution in [0.5, 0.6) is 0 Å². The first-order valence-corrected chi connectivity index (χ1v) is 3.34. The predicted molar refractivity (Wildman–Crippen MR) is 40.1 cm³/mol. The molecule has 10 heavy (non-hydrogen) atoms. The van der Waals surface area contributed by atoms with Crippen LogP contribution in [0.4, 0.5) is 0 Å². The fraction of sp³-hybridized carbons (Fsp3) is 0.286. The highest BCUT2D eigenvalue weighted by Crippen LogP contribution is 2.05. The Hall–Kier alpha value is -1.25. The number of rotatable bonds is 0. The van der Waals surface area contributed by atoms with Gasteiger partial charge in [-0.15, -0.1) is 0 Å². The Bertz CT molecular complexity index is 262. The SMILES string of the molecule is CC1C=Cc2nccn2N1. The predicted octanol–water partition coefficient (Wildman–Crippen LogP) is 0.842. The first kappa shape index (κ1) is 5.53. The Kier molecular flexibility index (Phi) is 1.03. The van der Waals surface area contributed by atoms with Gasteiger partial charge in [-0.25, -0.2) is 9.66 Å². The van der Waals surface area contributed by atoms with Gasteiger partial charge in [0.05, 0.1) is 6.04 Å². The Morgan fingerprint density at radius 1 is 1.70 bits per heavy atom. The molecule has 1 atom stereocenters. The highest BCUT2D eigenvalue weighted by molar-refractivity contribution is 5.45. The molecule has 1 aliphatic rings. The molecule has 0 aromatic carbocycles. The van der Waals surface area contributed by atoms with Crippen LogP contribution in [-0.2, 0) is 0 Å². The summed E-state index contributed by atoms with van der Waals surface area (Å²) in [5.74, 6) is 0.970. The largest absolute Gasteiger partial charge is 0.318 e. The van der Waals surface area contributed by atoms with Gasteiger partial charge in [-0.05, 0) is 13.0 Å². The maximum Gasteiger partial charge on any atom is 0.150 e. The lowest BCUT2D eigenvalue weighted by atomic mass is 10.3. The van der Waals surface area contributed by atoms with Gasteiger partial charge in [0.1, 0.15) is 0 Å². The van der Waals surface area contributed by atoms with E-state index in [4.69, 9.17) is 0 Å². The van der Waals surface area contributed by atoms with E-state index in [1.165, 1.54) is 0 Å². The number of fused-ring (bicyclic) bond motifs is 1. The topological polar surface area (TPSA) is 29.9 Å². The molecular formula is C7H9N3. The highest BCUT2D eigenvalue weighted by Gasteiger charge is 2.05. The van der Waals surface area contributed by atoms with E-state index in [9.17, 15) is 0 Å². The zero-order valence-corrected chi connectivity index (χ0v) is 5.78. The molecule has 0 saturated heterocycles. The second-order valence-electron chi connectivity index (χ2n) is 2.43. The summed E-state index contributed by atoms with van der Waals surface area (Å²) in [6, 6.07) is 0.404. The van der Waals surface area contributed by atoms with Crippen molar-refractivity contribution in [3.63, 3.8) is 0 Å². The number of nitrogens with zero attached hydrogens (tertiary/aromatic N) is 2. The van der Waals surface area contributed by atoms with E-state index < -0.39 is 0 Å². The van der Waals surface area contributed by atoms with Crippen LogP contribution in [0.2, 0.25) is 0 Å². The molecule has 1 N–H and O–H groups in total. The zero-order chi connectivity index (χ0) is 6.97. The van der Waals surface area contributed by atoms with Crippen molar-refractivity contribution in [3.05, 3.63) is 24.3 Å². The van der Waals surface area contributed by atoms with Gasteiger partial charge in [-0.3, -0.25) is 0 Å². The Morgan fingerprint density at radius 2 is 2.60 bits per heavy atom. The minimum absolute atomic E-state index is 0.404. The van der Waals surface area contributed by atoms with Gasteiger partial charge >= 0.3 is 0 Å². The molecule has 1 aliphatic heterocycles. The van der Waals surface area contributed by atoms with E-state index in [0.29, 0.717) is 6.04 Å². The second-order valence-corrected chi connectivity index (χ2v) is 2.43. The Labute approximate surface area is 59.4 Å². The van der Waals surface area contributed by atoms with Crippen molar-refractivity contribution in [3.8, 4) is 0 Å². The summed E-state index contributed by atoms with van der Waals surface area (Å²) in [5, 5.41) is 0. The first-order valence-electron chi connectivity index (χ1n) is 3.34. The summed E-state index contributed by atoms with van der Waals surface area (Å²) < 4.78 is 1.92. The summed E-state index contributed by atoms with van der Waals surface area (Å²) in [7, 11) is 0. The number of hydrogen-bond acceptors (Lipinski definition) is 2. The van der Waals surface area contributed by atoms with Crippen LogP contribution in [0.15, 0.2) is 18.5 Å². The van der Waals surface area contributed by atoms with Gasteiger partial charge < -0.3 is 5.43 Å². The lowest BCUT2D eigenvalue weighted by Gasteiger charge is -2.17. The van der Waals surface area contributed by atoms with Gasteiger partial charge in [0.2, 0.25) is 0 Å². The minimum Gasteiger partial charge on any atom is -0.318 e. The third-order valence-electron chi connectivity index (χ3n) is 1.55. The van der Waals surface area contributed by atoms with Crippen LogP contribution in [0.3, 0.4) is 0 Å². The molecule has 0 radical (unpaired) electrons. The average Bonchev–Trinajstić information content (AvgIpc) is 2.33. The Balaban J connectivity index is 2.43. The minimum atomic E-state index is 0.404.